The number of alkyl halides is 3. The third-order valence-electron chi connectivity index (χ3n) is 10.3. The molecule has 3 N–H and O–H groups in total. The Morgan fingerprint density at radius 2 is 1.78 bits per heavy atom. The van der Waals surface area contributed by atoms with E-state index in [1.807, 2.05) is 38.5 Å². The van der Waals surface area contributed by atoms with E-state index in [-0.39, 0.29) is 17.4 Å². The number of anilines is 1. The highest BCUT2D eigenvalue weighted by Gasteiger charge is 2.49. The monoisotopic (exact) mass is 691 g/mol. The van der Waals surface area contributed by atoms with Crippen molar-refractivity contribution >= 4 is 23.2 Å². The molecule has 2 saturated heterocycles. The first-order valence-electron chi connectivity index (χ1n) is 16.8. The van der Waals surface area contributed by atoms with E-state index in [0.717, 1.165) is 79.0 Å². The second kappa shape index (κ2) is 13.4. The molecular weight excluding hydrogens is 651 g/mol. The van der Waals surface area contributed by atoms with Crippen molar-refractivity contribution in [3.05, 3.63) is 54.7 Å². The zero-order valence-corrected chi connectivity index (χ0v) is 28.2. The summed E-state index contributed by atoms with van der Waals surface area (Å²) in [6.07, 6.45) is 9.27. The third-order valence-corrected chi connectivity index (χ3v) is 10.3. The van der Waals surface area contributed by atoms with Gasteiger partial charge >= 0.3 is 12.1 Å². The fraction of sp³-hybridized carbons (Fsp3) is 0.486. The zero-order valence-electron chi connectivity index (χ0n) is 28.2. The van der Waals surface area contributed by atoms with E-state index in [9.17, 15) is 23.2 Å². The van der Waals surface area contributed by atoms with Gasteiger partial charge in [-0.05, 0) is 69.6 Å². The van der Waals surface area contributed by atoms with E-state index in [1.54, 1.807) is 10.7 Å². The molecule has 2 aliphatic heterocycles. The lowest BCUT2D eigenvalue weighted by molar-refractivity contribution is -0.192. The van der Waals surface area contributed by atoms with Gasteiger partial charge in [0.2, 0.25) is 5.91 Å². The molecule has 4 aromatic rings. The smallest absolute Gasteiger partial charge is 0.475 e. The molecule has 1 amide bonds. The van der Waals surface area contributed by atoms with Gasteiger partial charge in [0.05, 0.1) is 34.9 Å². The number of rotatable bonds is 7. The van der Waals surface area contributed by atoms with Crippen molar-refractivity contribution in [2.45, 2.75) is 71.1 Å². The highest BCUT2D eigenvalue weighted by molar-refractivity contribution is 5.87. The maximum Gasteiger partial charge on any atom is 0.490 e. The van der Waals surface area contributed by atoms with Crippen molar-refractivity contribution in [1.29, 1.82) is 5.26 Å². The summed E-state index contributed by atoms with van der Waals surface area (Å²) in [5.41, 5.74) is 5.34. The van der Waals surface area contributed by atoms with Gasteiger partial charge in [0.25, 0.3) is 0 Å². The molecule has 0 atom stereocenters. The minimum atomic E-state index is -5.08. The molecule has 15 heteroatoms. The normalized spacial score (nSPS) is 18.2. The number of carbonyl (C=O) groups is 2. The van der Waals surface area contributed by atoms with Crippen LogP contribution in [0.2, 0.25) is 0 Å². The standard InChI is InChI=1S/C33H39N9O.C2HF3O2/c1-4-33(31(43)39-22(2)3)7-9-40(10-8-33)29-6-5-23(15-36-29)28-11-24(18-42-30(28)25(14-34)16-38-42)26-17-37-41(19-26)27-12-32(13-27)20-35-21-32;3-2(4,5)1(6)7/h5-6,11,15-19,22,27,35H,4,7-10,12-13,20-21H2,1-3H3,(H,39,43);(H,6,7). The van der Waals surface area contributed by atoms with Crippen LogP contribution in [-0.2, 0) is 9.59 Å². The van der Waals surface area contributed by atoms with E-state index in [2.05, 4.69) is 56.6 Å². The van der Waals surface area contributed by atoms with Gasteiger partial charge in [-0.3, -0.25) is 9.48 Å². The SMILES string of the molecule is CCC1(C(=O)NC(C)C)CCN(c2ccc(-c3cc(-c4cnn(C5CC6(CNC6)C5)c4)cn4ncc(C#N)c34)cn2)CC1.O=C(O)C(F)(F)F. The number of aromatic nitrogens is 5. The molecule has 0 radical (unpaired) electrons. The molecule has 1 spiro atoms. The number of nitriles is 1. The summed E-state index contributed by atoms with van der Waals surface area (Å²) in [6.45, 7) is 9.96. The van der Waals surface area contributed by atoms with Gasteiger partial charge in [-0.15, -0.1) is 0 Å². The Morgan fingerprint density at radius 3 is 2.32 bits per heavy atom. The average Bonchev–Trinajstić information content (AvgIpc) is 3.70. The molecule has 6 heterocycles. The number of fused-ring (bicyclic) bond motifs is 1. The summed E-state index contributed by atoms with van der Waals surface area (Å²) < 4.78 is 35.6. The molecule has 0 bridgehead atoms. The van der Waals surface area contributed by atoms with Gasteiger partial charge < -0.3 is 20.6 Å². The first-order chi connectivity index (χ1) is 23.8. The number of amides is 1. The van der Waals surface area contributed by atoms with Crippen LogP contribution in [0.1, 0.15) is 64.5 Å². The fourth-order valence-electron chi connectivity index (χ4n) is 7.21. The molecule has 4 aromatic heterocycles. The summed E-state index contributed by atoms with van der Waals surface area (Å²) in [6, 6.07) is 9.14. The molecule has 7 rings (SSSR count). The summed E-state index contributed by atoms with van der Waals surface area (Å²) >= 11 is 0. The maximum absolute atomic E-state index is 13.0. The van der Waals surface area contributed by atoms with Crippen LogP contribution in [0.25, 0.3) is 27.8 Å². The number of nitrogens with zero attached hydrogens (tertiary/aromatic N) is 7. The van der Waals surface area contributed by atoms with Gasteiger partial charge in [0, 0.05) is 73.1 Å². The number of carboxylic acids is 1. The number of carboxylic acid groups (broad SMARTS) is 1. The lowest BCUT2D eigenvalue weighted by atomic mass is 9.62. The summed E-state index contributed by atoms with van der Waals surface area (Å²) in [5.74, 6) is -1.68. The Bertz CT molecular complexity index is 1910. The number of nitrogens with one attached hydrogen (secondary N) is 2. The Labute approximate surface area is 287 Å². The van der Waals surface area contributed by atoms with Crippen molar-refractivity contribution in [1.82, 2.24) is 35.0 Å². The Balaban J connectivity index is 0.000000561. The lowest BCUT2D eigenvalue weighted by Crippen LogP contribution is -2.60. The summed E-state index contributed by atoms with van der Waals surface area (Å²) in [4.78, 5) is 29.0. The highest BCUT2D eigenvalue weighted by atomic mass is 19.4. The molecular formula is C35H40F3N9O3. The average molecular weight is 692 g/mol. The third kappa shape index (κ3) is 6.76. The highest BCUT2D eigenvalue weighted by Crippen LogP contribution is 2.51. The first kappa shape index (κ1) is 34.9. The number of halogens is 3. The number of pyridine rings is 2. The second-order valence-electron chi connectivity index (χ2n) is 13.9. The minimum Gasteiger partial charge on any atom is -0.475 e. The number of aliphatic carboxylic acids is 1. The van der Waals surface area contributed by atoms with Gasteiger partial charge in [-0.1, -0.05) is 6.92 Å². The van der Waals surface area contributed by atoms with Crippen LogP contribution in [-0.4, -0.2) is 79.8 Å². The van der Waals surface area contributed by atoms with E-state index >= 15 is 0 Å². The van der Waals surface area contributed by atoms with Crippen LogP contribution in [0.15, 0.2) is 49.2 Å². The molecule has 1 saturated carbocycles. The fourth-order valence-corrected chi connectivity index (χ4v) is 7.21. The largest absolute Gasteiger partial charge is 0.490 e. The summed E-state index contributed by atoms with van der Waals surface area (Å²) in [5, 5.41) is 32.7. The van der Waals surface area contributed by atoms with E-state index in [4.69, 9.17) is 20.0 Å². The molecule has 3 fully saturated rings. The zero-order chi connectivity index (χ0) is 35.8. The predicted octanol–water partition coefficient (Wildman–Crippen LogP) is 5.21. The van der Waals surface area contributed by atoms with Gasteiger partial charge in [-0.25, -0.2) is 14.3 Å². The topological polar surface area (TPSA) is 153 Å². The molecule has 0 unspecified atom stereocenters. The number of hydrogen-bond donors (Lipinski definition) is 3. The Morgan fingerprint density at radius 1 is 1.08 bits per heavy atom. The number of carbonyl (C=O) groups excluding carboxylic acids is 1. The molecule has 1 aliphatic carbocycles. The van der Waals surface area contributed by atoms with Crippen molar-refractivity contribution in [3.8, 4) is 28.3 Å². The van der Waals surface area contributed by atoms with Crippen LogP contribution in [0, 0.1) is 22.2 Å². The van der Waals surface area contributed by atoms with E-state index in [1.165, 1.54) is 12.8 Å². The number of hydrogen-bond acceptors (Lipinski definition) is 8. The molecule has 264 valence electrons. The Kier molecular flexibility index (Phi) is 9.34. The van der Waals surface area contributed by atoms with Crippen molar-refractivity contribution in [3.63, 3.8) is 0 Å². The summed E-state index contributed by atoms with van der Waals surface area (Å²) in [7, 11) is 0. The van der Waals surface area contributed by atoms with Crippen molar-refractivity contribution < 1.29 is 27.9 Å². The van der Waals surface area contributed by atoms with Gasteiger partial charge in [0.15, 0.2) is 0 Å². The molecule has 50 heavy (non-hydrogen) atoms. The van der Waals surface area contributed by atoms with Crippen LogP contribution in [0.5, 0.6) is 0 Å². The first-order valence-corrected chi connectivity index (χ1v) is 16.8. The molecule has 0 aromatic carbocycles. The lowest BCUT2D eigenvalue weighted by Gasteiger charge is -2.54. The quantitative estimate of drug-likeness (QED) is 0.237. The second-order valence-corrected chi connectivity index (χ2v) is 13.9. The van der Waals surface area contributed by atoms with Crippen molar-refractivity contribution in [2.75, 3.05) is 31.1 Å². The predicted molar refractivity (Wildman–Crippen MR) is 179 cm³/mol. The van der Waals surface area contributed by atoms with Crippen LogP contribution in [0.3, 0.4) is 0 Å². The van der Waals surface area contributed by atoms with E-state index < -0.39 is 12.1 Å². The minimum absolute atomic E-state index is 0.140. The maximum atomic E-state index is 13.0. The van der Waals surface area contributed by atoms with Crippen molar-refractivity contribution in [2.24, 2.45) is 10.8 Å². The number of piperidine rings is 1. The van der Waals surface area contributed by atoms with Crippen LogP contribution >= 0.6 is 0 Å². The molecule has 3 aliphatic rings. The molecule has 12 nitrogen and oxygen atoms in total. The Hall–Kier alpha value is -4.97. The van der Waals surface area contributed by atoms with Gasteiger partial charge in [0.1, 0.15) is 11.9 Å². The van der Waals surface area contributed by atoms with Crippen LogP contribution < -0.4 is 15.5 Å². The van der Waals surface area contributed by atoms with Crippen LogP contribution in [0.4, 0.5) is 19.0 Å². The van der Waals surface area contributed by atoms with Gasteiger partial charge in [-0.2, -0.15) is 28.6 Å². The van der Waals surface area contributed by atoms with E-state index in [0.29, 0.717) is 17.0 Å².